The molecule has 0 bridgehead atoms. The number of carbonyl (C=O) groups excluding carboxylic acids is 2. The van der Waals surface area contributed by atoms with Gasteiger partial charge in [0.2, 0.25) is 11.8 Å². The summed E-state index contributed by atoms with van der Waals surface area (Å²) in [5.41, 5.74) is -0.113. The molecule has 2 atom stereocenters. The quantitative estimate of drug-likeness (QED) is 0.0664. The van der Waals surface area contributed by atoms with Gasteiger partial charge in [-0.05, 0) is 75.5 Å². The number of phenols is 1. The van der Waals surface area contributed by atoms with Crippen LogP contribution >= 0.6 is 0 Å². The molecule has 0 radical (unpaired) electrons. The predicted molar refractivity (Wildman–Crippen MR) is 174 cm³/mol. The lowest BCUT2D eigenvalue weighted by molar-refractivity contribution is -0.136. The second-order valence-corrected chi connectivity index (χ2v) is 10.5. The average molecular weight is 595 g/mol. The molecule has 0 fully saturated rings. The molecule has 1 aromatic rings. The van der Waals surface area contributed by atoms with E-state index in [0.717, 1.165) is 32.1 Å². The normalized spacial score (nSPS) is 13.6. The Morgan fingerprint density at radius 2 is 1.40 bits per heavy atom. The van der Waals surface area contributed by atoms with Crippen LogP contribution in [0.2, 0.25) is 0 Å². The van der Waals surface area contributed by atoms with Crippen LogP contribution in [0.25, 0.3) is 0 Å². The number of hydrogen-bond acceptors (Lipinski definition) is 5. The van der Waals surface area contributed by atoms with Gasteiger partial charge in [0.25, 0.3) is 0 Å². The Morgan fingerprint density at radius 3 is 1.91 bits per heavy atom. The molecular formula is C35H50N2O6. The van der Waals surface area contributed by atoms with E-state index >= 15 is 0 Å². The number of carboxylic acids is 1. The van der Waals surface area contributed by atoms with Gasteiger partial charge in [-0.3, -0.25) is 9.59 Å². The van der Waals surface area contributed by atoms with Crippen LogP contribution in [0.15, 0.2) is 79.0 Å². The molecule has 0 spiro atoms. The summed E-state index contributed by atoms with van der Waals surface area (Å²) in [5.74, 6) is -2.44. The van der Waals surface area contributed by atoms with E-state index in [0.29, 0.717) is 25.9 Å². The summed E-state index contributed by atoms with van der Waals surface area (Å²) >= 11 is 0. The summed E-state index contributed by atoms with van der Waals surface area (Å²) in [7, 11) is 0. The number of benzene rings is 1. The molecule has 0 saturated carbocycles. The maximum absolute atomic E-state index is 13.0. The molecule has 8 heteroatoms. The molecule has 4 N–H and O–H groups in total. The summed E-state index contributed by atoms with van der Waals surface area (Å²) in [4.78, 5) is 37.2. The van der Waals surface area contributed by atoms with Crippen molar-refractivity contribution in [1.29, 1.82) is 0 Å². The number of allylic oxidation sites excluding steroid dienone is 9. The Bertz CT molecular complexity index is 1130. The lowest BCUT2D eigenvalue weighted by Crippen LogP contribution is -2.48. The molecule has 0 aromatic heterocycles. The number of anilines is 1. The minimum atomic E-state index is -1.31. The third-order valence-corrected chi connectivity index (χ3v) is 6.26. The first-order valence-corrected chi connectivity index (χ1v) is 15.2. The van der Waals surface area contributed by atoms with Crippen molar-refractivity contribution < 1.29 is 29.3 Å². The van der Waals surface area contributed by atoms with E-state index in [4.69, 9.17) is 4.74 Å². The first kappa shape index (κ1) is 37.1. The van der Waals surface area contributed by atoms with Crippen LogP contribution < -0.4 is 10.6 Å². The smallest absolute Gasteiger partial charge is 0.339 e. The number of hydrogen-bond donors (Lipinski definition) is 4. The number of carboxylic acid groups (broad SMARTS) is 1. The highest BCUT2D eigenvalue weighted by molar-refractivity contribution is 5.99. The van der Waals surface area contributed by atoms with Gasteiger partial charge in [-0.25, -0.2) is 4.79 Å². The Kier molecular flexibility index (Phi) is 19.6. The van der Waals surface area contributed by atoms with Gasteiger partial charge in [0.05, 0.1) is 6.61 Å². The second-order valence-electron chi connectivity index (χ2n) is 10.5. The number of rotatable bonds is 21. The van der Waals surface area contributed by atoms with Gasteiger partial charge >= 0.3 is 5.97 Å². The van der Waals surface area contributed by atoms with Crippen molar-refractivity contribution in [1.82, 2.24) is 5.32 Å². The number of amides is 2. The van der Waals surface area contributed by atoms with Crippen molar-refractivity contribution in [2.24, 2.45) is 5.92 Å². The Morgan fingerprint density at radius 1 is 0.837 bits per heavy atom. The van der Waals surface area contributed by atoms with E-state index in [9.17, 15) is 24.6 Å². The van der Waals surface area contributed by atoms with Crippen molar-refractivity contribution in [2.45, 2.75) is 91.2 Å². The van der Waals surface area contributed by atoms with E-state index in [1.165, 1.54) is 18.2 Å². The molecule has 0 heterocycles. The molecule has 1 rings (SSSR count). The van der Waals surface area contributed by atoms with Gasteiger partial charge in [-0.15, -0.1) is 0 Å². The van der Waals surface area contributed by atoms with E-state index in [1.807, 2.05) is 26.8 Å². The van der Waals surface area contributed by atoms with Gasteiger partial charge in [0.1, 0.15) is 23.5 Å². The highest BCUT2D eigenvalue weighted by Crippen LogP contribution is 2.22. The van der Waals surface area contributed by atoms with E-state index < -0.39 is 29.8 Å². The fourth-order valence-electron chi connectivity index (χ4n) is 4.01. The summed E-state index contributed by atoms with van der Waals surface area (Å²) in [6, 6.07) is 2.95. The number of nitrogens with one attached hydrogen (secondary N) is 2. The molecule has 2 amide bonds. The molecule has 8 nitrogen and oxygen atoms in total. The third kappa shape index (κ3) is 17.0. The second kappa shape index (κ2) is 22.7. The van der Waals surface area contributed by atoms with Crippen LogP contribution in [0.1, 0.15) is 89.4 Å². The SMILES string of the molecule is CC/C=C\C/C=C\C/C=C\C/C=C\C/C=C\CCOC(CC)C(=O)NC(CC(C)C)C(=O)Nc1ccc(O)c(C(=O)O)c1. The van der Waals surface area contributed by atoms with Crippen molar-refractivity contribution >= 4 is 23.5 Å². The van der Waals surface area contributed by atoms with E-state index in [-0.39, 0.29) is 23.1 Å². The summed E-state index contributed by atoms with van der Waals surface area (Å²) in [5, 5.41) is 24.4. The standard InChI is InChI=1S/C35H50N2O6/c1-5-7-8-9-10-11-12-13-14-15-16-17-18-19-20-21-24-43-32(6-2)34(40)37-30(25-27(3)4)33(39)36-28-22-23-31(38)29(26-28)35(41)42/h7-8,10-11,13-14,16-17,19-20,22-23,26-27,30,32,38H,5-6,9,12,15,18,21,24-25H2,1-4H3,(H,36,39)(H,37,40)(H,41,42)/b8-7-,11-10-,14-13-,17-16-,20-19-. The van der Waals surface area contributed by atoms with Crippen LogP contribution in [0.5, 0.6) is 5.75 Å². The van der Waals surface area contributed by atoms with E-state index in [2.05, 4.69) is 72.2 Å². The maximum atomic E-state index is 13.0. The number of aromatic hydroxyl groups is 1. The van der Waals surface area contributed by atoms with Crippen molar-refractivity contribution in [3.63, 3.8) is 0 Å². The fraction of sp³-hybridized carbons (Fsp3) is 0.457. The van der Waals surface area contributed by atoms with Crippen LogP contribution in [-0.4, -0.2) is 46.7 Å². The average Bonchev–Trinajstić information content (AvgIpc) is 2.96. The summed E-state index contributed by atoms with van der Waals surface area (Å²) in [6.45, 7) is 8.24. The molecule has 43 heavy (non-hydrogen) atoms. The van der Waals surface area contributed by atoms with E-state index in [1.54, 1.807) is 0 Å². The molecule has 236 valence electrons. The molecule has 0 aliphatic heterocycles. The highest BCUT2D eigenvalue weighted by atomic mass is 16.5. The summed E-state index contributed by atoms with van der Waals surface area (Å²) < 4.78 is 5.81. The zero-order valence-electron chi connectivity index (χ0n) is 26.1. The van der Waals surface area contributed by atoms with Crippen molar-refractivity contribution in [3.05, 3.63) is 84.5 Å². The molecule has 0 saturated heterocycles. The molecule has 2 unspecified atom stereocenters. The van der Waals surface area contributed by atoms with Gasteiger partial charge in [-0.2, -0.15) is 0 Å². The Hall–Kier alpha value is -3.91. The minimum Gasteiger partial charge on any atom is -0.507 e. The molecule has 0 aliphatic rings. The largest absolute Gasteiger partial charge is 0.507 e. The minimum absolute atomic E-state index is 0.113. The summed E-state index contributed by atoms with van der Waals surface area (Å²) in [6.07, 6.45) is 27.0. The molecule has 1 aromatic carbocycles. The third-order valence-electron chi connectivity index (χ3n) is 6.26. The maximum Gasteiger partial charge on any atom is 0.339 e. The van der Waals surface area contributed by atoms with Gasteiger partial charge in [0.15, 0.2) is 0 Å². The van der Waals surface area contributed by atoms with Crippen molar-refractivity contribution in [3.8, 4) is 5.75 Å². The van der Waals surface area contributed by atoms with Gasteiger partial charge in [0, 0.05) is 5.69 Å². The molecule has 0 aliphatic carbocycles. The van der Waals surface area contributed by atoms with Gasteiger partial charge in [-0.1, -0.05) is 88.5 Å². The zero-order valence-corrected chi connectivity index (χ0v) is 26.1. The zero-order chi connectivity index (χ0) is 31.9. The highest BCUT2D eigenvalue weighted by Gasteiger charge is 2.26. The lowest BCUT2D eigenvalue weighted by atomic mass is 10.0. The number of ether oxygens (including phenoxy) is 1. The first-order valence-electron chi connectivity index (χ1n) is 15.2. The number of aromatic carboxylic acids is 1. The van der Waals surface area contributed by atoms with Gasteiger partial charge < -0.3 is 25.6 Å². The Balaban J connectivity index is 2.46. The predicted octanol–water partition coefficient (Wildman–Crippen LogP) is 7.50. The fourth-order valence-corrected chi connectivity index (χ4v) is 4.01. The Labute approximate surface area is 257 Å². The van der Waals surface area contributed by atoms with Crippen LogP contribution in [0.3, 0.4) is 0 Å². The molecular weight excluding hydrogens is 544 g/mol. The van der Waals surface area contributed by atoms with Crippen LogP contribution in [-0.2, 0) is 14.3 Å². The number of carbonyl (C=O) groups is 3. The van der Waals surface area contributed by atoms with Crippen LogP contribution in [0, 0.1) is 5.92 Å². The first-order chi connectivity index (χ1) is 20.7. The lowest BCUT2D eigenvalue weighted by Gasteiger charge is -2.23. The van der Waals surface area contributed by atoms with Crippen molar-refractivity contribution in [2.75, 3.05) is 11.9 Å². The van der Waals surface area contributed by atoms with Crippen LogP contribution in [0.4, 0.5) is 5.69 Å². The topological polar surface area (TPSA) is 125 Å². The monoisotopic (exact) mass is 594 g/mol.